The number of carboxylic acids is 1. The van der Waals surface area contributed by atoms with Crippen LogP contribution in [0.1, 0.15) is 31.2 Å². The molecule has 2 rings (SSSR count). The molecule has 1 fully saturated rings. The van der Waals surface area contributed by atoms with Gasteiger partial charge in [0.2, 0.25) is 17.7 Å². The van der Waals surface area contributed by atoms with Gasteiger partial charge in [0.15, 0.2) is 5.96 Å². The number of phenols is 1. The Kier molecular flexibility index (Phi) is 10.8. The fourth-order valence-corrected chi connectivity index (χ4v) is 3.58. The predicted molar refractivity (Wildman–Crippen MR) is 126 cm³/mol. The quantitative estimate of drug-likeness (QED) is 0.0855. The van der Waals surface area contributed by atoms with Crippen molar-refractivity contribution in [1.29, 1.82) is 5.41 Å². The third-order valence-electron chi connectivity index (χ3n) is 5.43. The zero-order valence-electron chi connectivity index (χ0n) is 19.3. The number of benzene rings is 1. The number of phenolic OH excluding ortho intramolecular Hbond substituents is 1. The van der Waals surface area contributed by atoms with Crippen molar-refractivity contribution in [3.05, 3.63) is 29.8 Å². The molecule has 3 amide bonds. The second-order valence-corrected chi connectivity index (χ2v) is 8.24. The number of carbonyl (C=O) groups excluding carboxylic acids is 3. The van der Waals surface area contributed by atoms with Gasteiger partial charge in [0, 0.05) is 13.0 Å². The molecule has 0 radical (unpaired) electrons. The number of amides is 3. The van der Waals surface area contributed by atoms with Crippen LogP contribution < -0.4 is 32.3 Å². The van der Waals surface area contributed by atoms with Gasteiger partial charge in [0.05, 0.1) is 12.6 Å². The maximum absolute atomic E-state index is 12.7. The van der Waals surface area contributed by atoms with Crippen LogP contribution in [0.3, 0.4) is 0 Å². The number of carboxylic acid groups (broad SMARTS) is 1. The van der Waals surface area contributed by atoms with E-state index in [1.165, 1.54) is 12.1 Å². The Hall–Kier alpha value is -3.87. The number of guanidine groups is 1. The average Bonchev–Trinajstić information content (AvgIpc) is 3.35. The molecule has 1 aliphatic rings. The molecule has 1 aliphatic heterocycles. The van der Waals surface area contributed by atoms with E-state index in [0.29, 0.717) is 31.5 Å². The molecule has 0 aliphatic carbocycles. The summed E-state index contributed by atoms with van der Waals surface area (Å²) >= 11 is 0. The molecule has 0 bridgehead atoms. The van der Waals surface area contributed by atoms with Crippen LogP contribution >= 0.6 is 0 Å². The fourth-order valence-electron chi connectivity index (χ4n) is 3.58. The second kappa shape index (κ2) is 13.7. The molecule has 1 aromatic carbocycles. The van der Waals surface area contributed by atoms with Crippen LogP contribution in [0.25, 0.3) is 0 Å². The minimum atomic E-state index is -1.25. The normalized spacial score (nSPS) is 16.5. The predicted octanol–water partition coefficient (Wildman–Crippen LogP) is -1.88. The van der Waals surface area contributed by atoms with E-state index in [-0.39, 0.29) is 36.5 Å². The Morgan fingerprint density at radius 1 is 1.11 bits per heavy atom. The monoisotopic (exact) mass is 491 g/mol. The third kappa shape index (κ3) is 9.88. The van der Waals surface area contributed by atoms with Crippen molar-refractivity contribution in [2.75, 3.05) is 19.6 Å². The smallest absolute Gasteiger partial charge is 0.326 e. The minimum Gasteiger partial charge on any atom is -0.508 e. The van der Waals surface area contributed by atoms with E-state index in [0.717, 1.165) is 6.42 Å². The standard InChI is InChI=1S/C22H33N7O6/c23-22(24)26-10-2-4-16(29-20(33)15-3-1-9-25-15)19(32)27-12-18(31)28-17(21(34)35)11-13-5-7-14(30)8-6-13/h5-8,15-17,25,30H,1-4,9-12H2,(H,27,32)(H,28,31)(H,29,33)(H,34,35)(H4,23,24,26)/t15-,16-,17-/m0/s1. The fraction of sp³-hybridized carbons (Fsp3) is 0.500. The summed E-state index contributed by atoms with van der Waals surface area (Å²) in [5.74, 6) is -3.02. The Balaban J connectivity index is 1.90. The number of hydrogen-bond donors (Lipinski definition) is 9. The summed E-state index contributed by atoms with van der Waals surface area (Å²) in [6.07, 6.45) is 2.17. The number of rotatable bonds is 13. The molecule has 192 valence electrons. The molecular formula is C22H33N7O6. The van der Waals surface area contributed by atoms with Crippen LogP contribution in [-0.2, 0) is 25.6 Å². The van der Waals surface area contributed by atoms with Crippen molar-refractivity contribution in [1.82, 2.24) is 26.6 Å². The largest absolute Gasteiger partial charge is 0.508 e. The lowest BCUT2D eigenvalue weighted by molar-refractivity contribution is -0.141. The lowest BCUT2D eigenvalue weighted by atomic mass is 10.1. The van der Waals surface area contributed by atoms with E-state index < -0.39 is 36.4 Å². The molecule has 0 spiro atoms. The molecule has 35 heavy (non-hydrogen) atoms. The molecule has 1 saturated heterocycles. The molecule has 0 unspecified atom stereocenters. The Bertz CT molecular complexity index is 902. The van der Waals surface area contributed by atoms with Gasteiger partial charge in [-0.05, 0) is 49.9 Å². The van der Waals surface area contributed by atoms with Crippen LogP contribution in [0.15, 0.2) is 24.3 Å². The molecule has 13 nitrogen and oxygen atoms in total. The van der Waals surface area contributed by atoms with Gasteiger partial charge >= 0.3 is 5.97 Å². The topological polar surface area (TPSA) is 219 Å². The first-order valence-electron chi connectivity index (χ1n) is 11.3. The molecule has 13 heteroatoms. The van der Waals surface area contributed by atoms with Crippen molar-refractivity contribution in [3.63, 3.8) is 0 Å². The molecule has 1 heterocycles. The van der Waals surface area contributed by atoms with Gasteiger partial charge in [-0.1, -0.05) is 12.1 Å². The minimum absolute atomic E-state index is 0.00841. The van der Waals surface area contributed by atoms with Crippen molar-refractivity contribution >= 4 is 29.7 Å². The first-order valence-corrected chi connectivity index (χ1v) is 11.3. The number of carbonyl (C=O) groups is 4. The van der Waals surface area contributed by atoms with Gasteiger partial charge in [-0.2, -0.15) is 0 Å². The Labute approximate surface area is 202 Å². The lowest BCUT2D eigenvalue weighted by Crippen LogP contribution is -2.53. The molecule has 3 atom stereocenters. The number of nitrogens with one attached hydrogen (secondary N) is 6. The van der Waals surface area contributed by atoms with Crippen molar-refractivity contribution < 1.29 is 29.4 Å². The summed E-state index contributed by atoms with van der Waals surface area (Å²) in [6, 6.07) is 3.39. The molecular weight excluding hydrogens is 458 g/mol. The van der Waals surface area contributed by atoms with Crippen LogP contribution in [0.4, 0.5) is 0 Å². The van der Waals surface area contributed by atoms with Gasteiger partial charge in [-0.15, -0.1) is 0 Å². The second-order valence-electron chi connectivity index (χ2n) is 8.24. The van der Waals surface area contributed by atoms with Crippen LogP contribution in [0.2, 0.25) is 0 Å². The lowest BCUT2D eigenvalue weighted by Gasteiger charge is -2.21. The maximum Gasteiger partial charge on any atom is 0.326 e. The number of aliphatic carboxylic acids is 1. The number of nitrogens with two attached hydrogens (primary N) is 1. The number of aromatic hydroxyl groups is 1. The summed E-state index contributed by atoms with van der Waals surface area (Å²) < 4.78 is 0. The van der Waals surface area contributed by atoms with Crippen molar-refractivity contribution in [2.45, 2.75) is 50.2 Å². The highest BCUT2D eigenvalue weighted by Gasteiger charge is 2.28. The van der Waals surface area contributed by atoms with Gasteiger partial charge < -0.3 is 42.5 Å². The Morgan fingerprint density at radius 3 is 2.43 bits per heavy atom. The summed E-state index contributed by atoms with van der Waals surface area (Å²) in [5.41, 5.74) is 5.85. The van der Waals surface area contributed by atoms with Gasteiger partial charge in [0.25, 0.3) is 0 Å². The van der Waals surface area contributed by atoms with E-state index in [1.54, 1.807) is 12.1 Å². The Morgan fingerprint density at radius 2 is 1.83 bits per heavy atom. The summed E-state index contributed by atoms with van der Waals surface area (Å²) in [5, 5.41) is 39.1. The van der Waals surface area contributed by atoms with Crippen molar-refractivity contribution in [2.24, 2.45) is 5.73 Å². The van der Waals surface area contributed by atoms with Crippen LogP contribution in [0, 0.1) is 5.41 Å². The van der Waals surface area contributed by atoms with Gasteiger partial charge in [-0.3, -0.25) is 19.8 Å². The zero-order valence-corrected chi connectivity index (χ0v) is 19.3. The van der Waals surface area contributed by atoms with E-state index >= 15 is 0 Å². The molecule has 0 saturated carbocycles. The zero-order chi connectivity index (χ0) is 25.8. The maximum atomic E-state index is 12.7. The first kappa shape index (κ1) is 27.4. The van der Waals surface area contributed by atoms with Crippen LogP contribution in [-0.4, -0.2) is 77.6 Å². The average molecular weight is 492 g/mol. The molecule has 1 aromatic rings. The van der Waals surface area contributed by atoms with Gasteiger partial charge in [-0.25, -0.2) is 4.79 Å². The highest BCUT2D eigenvalue weighted by molar-refractivity contribution is 5.92. The summed E-state index contributed by atoms with van der Waals surface area (Å²) in [7, 11) is 0. The summed E-state index contributed by atoms with van der Waals surface area (Å²) in [6.45, 7) is 0.569. The van der Waals surface area contributed by atoms with Crippen molar-refractivity contribution in [3.8, 4) is 5.75 Å². The highest BCUT2D eigenvalue weighted by Crippen LogP contribution is 2.11. The summed E-state index contributed by atoms with van der Waals surface area (Å²) in [4.78, 5) is 49.1. The van der Waals surface area contributed by atoms with E-state index in [9.17, 15) is 29.4 Å². The van der Waals surface area contributed by atoms with Gasteiger partial charge in [0.1, 0.15) is 17.8 Å². The third-order valence-corrected chi connectivity index (χ3v) is 5.43. The number of hydrogen-bond acceptors (Lipinski definition) is 7. The van der Waals surface area contributed by atoms with Crippen LogP contribution in [0.5, 0.6) is 5.75 Å². The highest BCUT2D eigenvalue weighted by atomic mass is 16.4. The van der Waals surface area contributed by atoms with E-state index in [2.05, 4.69) is 26.6 Å². The SMILES string of the molecule is N=C(N)NCCC[C@H](NC(=O)[C@@H]1CCCN1)C(=O)NCC(=O)N[C@@H](Cc1ccc(O)cc1)C(=O)O. The van der Waals surface area contributed by atoms with E-state index in [1.807, 2.05) is 0 Å². The first-order chi connectivity index (χ1) is 16.7. The molecule has 0 aromatic heterocycles. The molecule has 10 N–H and O–H groups in total. The van der Waals surface area contributed by atoms with E-state index in [4.69, 9.17) is 11.1 Å².